The number of halogens is 1. The highest BCUT2D eigenvalue weighted by Gasteiger charge is 2.38. The largest absolute Gasteiger partial charge is 0.325 e. The fraction of sp³-hybridized carbons (Fsp3) is 0.0526. The molecule has 0 saturated carbocycles. The Kier molecular flexibility index (Phi) is 4.46. The minimum absolute atomic E-state index is 0.139. The van der Waals surface area contributed by atoms with Gasteiger partial charge >= 0.3 is 0 Å². The van der Waals surface area contributed by atoms with E-state index in [1.807, 2.05) is 0 Å². The number of amides is 1. The zero-order valence-electron chi connectivity index (χ0n) is 12.8. The maximum Gasteiger partial charge on any atom is 0.246 e. The number of nitriles is 1. The van der Waals surface area contributed by atoms with Gasteiger partial charge in [-0.2, -0.15) is 5.26 Å². The van der Waals surface area contributed by atoms with Crippen LogP contribution in [-0.4, -0.2) is 17.5 Å². The van der Waals surface area contributed by atoms with Gasteiger partial charge < -0.3 is 5.32 Å². The molecule has 0 spiro atoms. The second-order valence-electron chi connectivity index (χ2n) is 5.35. The second kappa shape index (κ2) is 6.71. The van der Waals surface area contributed by atoms with Crippen LogP contribution in [0.15, 0.2) is 65.2 Å². The molecule has 1 aliphatic carbocycles. The van der Waals surface area contributed by atoms with Crippen LogP contribution in [0.4, 0.5) is 5.69 Å². The van der Waals surface area contributed by atoms with Crippen molar-refractivity contribution in [1.29, 1.82) is 5.26 Å². The van der Waals surface area contributed by atoms with Crippen molar-refractivity contribution in [2.24, 2.45) is 5.92 Å². The molecule has 2 aromatic carbocycles. The first kappa shape index (κ1) is 16.6. The predicted octanol–water partition coefficient (Wildman–Crippen LogP) is 3.34. The van der Waals surface area contributed by atoms with Gasteiger partial charge in [0.05, 0.1) is 11.1 Å². The molecule has 0 fully saturated rings. The molecule has 5 nitrogen and oxygen atoms in total. The zero-order valence-corrected chi connectivity index (χ0v) is 13.6. The summed E-state index contributed by atoms with van der Waals surface area (Å²) in [6, 6.07) is 16.5. The van der Waals surface area contributed by atoms with Gasteiger partial charge in [-0.1, -0.05) is 54.1 Å². The monoisotopic (exact) mass is 350 g/mol. The third kappa shape index (κ3) is 2.95. The number of rotatable bonds is 3. The van der Waals surface area contributed by atoms with E-state index in [2.05, 4.69) is 5.32 Å². The average molecular weight is 351 g/mol. The summed E-state index contributed by atoms with van der Waals surface area (Å²) in [4.78, 5) is 37.6. The molecule has 2 aromatic rings. The summed E-state index contributed by atoms with van der Waals surface area (Å²) in [5, 5.41) is 11.6. The molecular formula is C19H11ClN2O3. The lowest BCUT2D eigenvalue weighted by atomic mass is 9.83. The molecule has 3 rings (SSSR count). The van der Waals surface area contributed by atoms with Crippen LogP contribution in [0.2, 0.25) is 0 Å². The first-order chi connectivity index (χ1) is 12.0. The number of hydrogen-bond acceptors (Lipinski definition) is 4. The Labute approximate surface area is 148 Å². The zero-order chi connectivity index (χ0) is 18.0. The Morgan fingerprint density at radius 3 is 2.12 bits per heavy atom. The summed E-state index contributed by atoms with van der Waals surface area (Å²) in [5.74, 6) is -3.37. The van der Waals surface area contributed by atoms with Gasteiger partial charge in [0.15, 0.2) is 11.7 Å². The number of carbonyl (C=O) groups is 3. The van der Waals surface area contributed by atoms with Gasteiger partial charge in [0.2, 0.25) is 11.7 Å². The highest BCUT2D eigenvalue weighted by atomic mass is 35.5. The normalized spacial score (nSPS) is 14.6. The minimum Gasteiger partial charge on any atom is -0.325 e. The lowest BCUT2D eigenvalue weighted by Gasteiger charge is -2.20. The minimum atomic E-state index is -1.49. The van der Waals surface area contributed by atoms with Crippen LogP contribution in [0.3, 0.4) is 0 Å². The molecule has 0 aromatic heterocycles. The van der Waals surface area contributed by atoms with Gasteiger partial charge in [-0.3, -0.25) is 14.4 Å². The second-order valence-corrected chi connectivity index (χ2v) is 5.73. The molecule has 0 radical (unpaired) electrons. The number of hydrogen-bond donors (Lipinski definition) is 1. The molecule has 1 amide bonds. The number of Topliss-reactive ketones (excluding diaryl/α,β-unsaturated/α-hetero) is 2. The van der Waals surface area contributed by atoms with Crippen molar-refractivity contribution in [3.63, 3.8) is 0 Å². The highest BCUT2D eigenvalue weighted by Crippen LogP contribution is 2.32. The summed E-state index contributed by atoms with van der Waals surface area (Å²) in [5.41, 5.74) is 0.488. The van der Waals surface area contributed by atoms with Crippen LogP contribution in [0.1, 0.15) is 20.7 Å². The highest BCUT2D eigenvalue weighted by molar-refractivity contribution is 6.50. The maximum atomic E-state index is 12.7. The number of nitrogens with zero attached hydrogens (tertiary/aromatic N) is 1. The van der Waals surface area contributed by atoms with E-state index in [-0.39, 0.29) is 16.7 Å². The number of anilines is 1. The van der Waals surface area contributed by atoms with E-state index in [4.69, 9.17) is 11.6 Å². The maximum absolute atomic E-state index is 12.7. The summed E-state index contributed by atoms with van der Waals surface area (Å²) >= 11 is 6.05. The number of benzene rings is 2. The molecule has 1 aliphatic rings. The van der Waals surface area contributed by atoms with Crippen molar-refractivity contribution in [2.45, 2.75) is 0 Å². The Morgan fingerprint density at radius 2 is 1.52 bits per heavy atom. The Hall–Kier alpha value is -3.23. The van der Waals surface area contributed by atoms with E-state index < -0.39 is 28.4 Å². The number of fused-ring (bicyclic) bond motifs is 1. The molecule has 6 heteroatoms. The van der Waals surface area contributed by atoms with Gasteiger partial charge in [0.1, 0.15) is 0 Å². The lowest BCUT2D eigenvalue weighted by Crippen LogP contribution is -2.31. The lowest BCUT2D eigenvalue weighted by molar-refractivity contribution is -0.117. The van der Waals surface area contributed by atoms with E-state index in [0.29, 0.717) is 5.69 Å². The molecule has 122 valence electrons. The van der Waals surface area contributed by atoms with Crippen LogP contribution in [0, 0.1) is 17.2 Å². The summed E-state index contributed by atoms with van der Waals surface area (Å²) in [7, 11) is 0. The van der Waals surface area contributed by atoms with Gasteiger partial charge in [0.25, 0.3) is 0 Å². The quantitative estimate of drug-likeness (QED) is 0.919. The van der Waals surface area contributed by atoms with Gasteiger partial charge in [-0.05, 0) is 12.1 Å². The van der Waals surface area contributed by atoms with Gasteiger partial charge in [0, 0.05) is 22.4 Å². The molecule has 0 bridgehead atoms. The van der Waals surface area contributed by atoms with Gasteiger partial charge in [-0.15, -0.1) is 0 Å². The molecule has 1 atom stereocenters. The average Bonchev–Trinajstić information content (AvgIpc) is 2.64. The third-order valence-corrected chi connectivity index (χ3v) is 4.19. The first-order valence-corrected chi connectivity index (χ1v) is 7.76. The van der Waals surface area contributed by atoms with Crippen molar-refractivity contribution in [3.8, 4) is 6.07 Å². The number of para-hydroxylation sites is 1. The van der Waals surface area contributed by atoms with Crippen LogP contribution in [-0.2, 0) is 4.79 Å². The number of carbonyl (C=O) groups excluding carboxylic acids is 3. The van der Waals surface area contributed by atoms with Crippen molar-refractivity contribution in [2.75, 3.05) is 5.32 Å². The molecule has 0 heterocycles. The van der Waals surface area contributed by atoms with E-state index in [0.717, 1.165) is 0 Å². The van der Waals surface area contributed by atoms with Crippen LogP contribution < -0.4 is 5.32 Å². The summed E-state index contributed by atoms with van der Waals surface area (Å²) in [6.45, 7) is 0. The Bertz CT molecular complexity index is 958. The van der Waals surface area contributed by atoms with E-state index in [1.165, 1.54) is 12.1 Å². The molecule has 0 unspecified atom stereocenters. The van der Waals surface area contributed by atoms with Crippen LogP contribution >= 0.6 is 11.6 Å². The van der Waals surface area contributed by atoms with Crippen molar-refractivity contribution < 1.29 is 14.4 Å². The van der Waals surface area contributed by atoms with E-state index in [9.17, 15) is 19.6 Å². The summed E-state index contributed by atoms with van der Waals surface area (Å²) < 4.78 is 0. The topological polar surface area (TPSA) is 87.0 Å². The molecule has 25 heavy (non-hydrogen) atoms. The number of allylic oxidation sites excluding steroid dienone is 1. The summed E-state index contributed by atoms with van der Waals surface area (Å²) in [6.07, 6.45) is 0. The van der Waals surface area contributed by atoms with Gasteiger partial charge in [-0.25, -0.2) is 0 Å². The third-order valence-electron chi connectivity index (χ3n) is 3.82. The van der Waals surface area contributed by atoms with Crippen LogP contribution in [0.25, 0.3) is 0 Å². The Balaban J connectivity index is 2.00. The molecule has 0 saturated heterocycles. The fourth-order valence-corrected chi connectivity index (χ4v) is 2.91. The van der Waals surface area contributed by atoms with Crippen molar-refractivity contribution >= 4 is 34.8 Å². The van der Waals surface area contributed by atoms with E-state index >= 15 is 0 Å². The molecule has 0 aliphatic heterocycles. The smallest absolute Gasteiger partial charge is 0.246 e. The van der Waals surface area contributed by atoms with Crippen molar-refractivity contribution in [3.05, 3.63) is 76.3 Å². The molecular weight excluding hydrogens is 340 g/mol. The fourth-order valence-electron chi connectivity index (χ4n) is 2.61. The molecule has 1 N–H and O–H groups in total. The SMILES string of the molecule is N#C[C@H](C(=O)Nc1ccccc1)C1=C(Cl)C(=O)c2ccccc2C1=O. The standard InChI is InChI=1S/C19H11ClN2O3/c20-16-15(17(23)12-8-4-5-9-13(12)18(16)24)14(10-21)19(25)22-11-6-2-1-3-7-11/h1-9,14H,(H,22,25)/t14-/m0/s1. The van der Waals surface area contributed by atoms with E-state index in [1.54, 1.807) is 48.5 Å². The first-order valence-electron chi connectivity index (χ1n) is 7.38. The number of ketones is 2. The Morgan fingerprint density at radius 1 is 0.960 bits per heavy atom. The predicted molar refractivity (Wildman–Crippen MR) is 92.2 cm³/mol. The number of nitrogens with one attached hydrogen (secondary N) is 1. The van der Waals surface area contributed by atoms with Crippen LogP contribution in [0.5, 0.6) is 0 Å². The van der Waals surface area contributed by atoms with Crippen molar-refractivity contribution in [1.82, 2.24) is 0 Å².